The summed E-state index contributed by atoms with van der Waals surface area (Å²) in [6, 6.07) is 14.6. The van der Waals surface area contributed by atoms with Gasteiger partial charge in [-0.3, -0.25) is 14.5 Å². The maximum atomic E-state index is 12.4. The predicted octanol–water partition coefficient (Wildman–Crippen LogP) is 3.40. The molecule has 2 aromatic rings. The van der Waals surface area contributed by atoms with Crippen LogP contribution in [0.3, 0.4) is 0 Å². The molecular formula is C20H21ClN2O3. The monoisotopic (exact) mass is 372 g/mol. The highest BCUT2D eigenvalue weighted by atomic mass is 35.5. The minimum absolute atomic E-state index is 0.0389. The van der Waals surface area contributed by atoms with Gasteiger partial charge in [0.2, 0.25) is 5.91 Å². The van der Waals surface area contributed by atoms with Crippen LogP contribution in [0.5, 0.6) is 0 Å². The van der Waals surface area contributed by atoms with Crippen LogP contribution in [-0.4, -0.2) is 36.0 Å². The van der Waals surface area contributed by atoms with Crippen LogP contribution in [0.4, 0.5) is 5.69 Å². The van der Waals surface area contributed by atoms with E-state index in [1.165, 1.54) is 0 Å². The van der Waals surface area contributed by atoms with Gasteiger partial charge < -0.3 is 10.1 Å². The third-order valence-corrected chi connectivity index (χ3v) is 4.81. The Morgan fingerprint density at radius 3 is 2.77 bits per heavy atom. The van der Waals surface area contributed by atoms with Crippen molar-refractivity contribution in [3.05, 3.63) is 64.7 Å². The molecule has 3 rings (SSSR count). The van der Waals surface area contributed by atoms with Crippen LogP contribution < -0.4 is 5.32 Å². The molecule has 1 fully saturated rings. The SMILES string of the molecule is Cc1ccc(NC(=O)C[C@H]2C(=O)OCCN2Cc2ccccc2)cc1Cl. The first-order chi connectivity index (χ1) is 12.5. The summed E-state index contributed by atoms with van der Waals surface area (Å²) in [5.41, 5.74) is 2.65. The fraction of sp³-hybridized carbons (Fsp3) is 0.300. The molecule has 2 aromatic carbocycles. The Bertz CT molecular complexity index is 795. The van der Waals surface area contributed by atoms with Gasteiger partial charge in [0.15, 0.2) is 0 Å². The number of aryl methyl sites for hydroxylation is 1. The van der Waals surface area contributed by atoms with Crippen molar-refractivity contribution in [2.24, 2.45) is 0 Å². The minimum Gasteiger partial charge on any atom is -0.463 e. The molecule has 0 aromatic heterocycles. The van der Waals surface area contributed by atoms with E-state index in [9.17, 15) is 9.59 Å². The Labute approximate surface area is 157 Å². The van der Waals surface area contributed by atoms with Gasteiger partial charge in [0, 0.05) is 23.8 Å². The van der Waals surface area contributed by atoms with Crippen molar-refractivity contribution in [3.8, 4) is 0 Å². The van der Waals surface area contributed by atoms with E-state index in [-0.39, 0.29) is 18.3 Å². The highest BCUT2D eigenvalue weighted by Gasteiger charge is 2.33. The number of halogens is 1. The number of carbonyl (C=O) groups is 2. The lowest BCUT2D eigenvalue weighted by Gasteiger charge is -2.33. The number of nitrogens with one attached hydrogen (secondary N) is 1. The van der Waals surface area contributed by atoms with Gasteiger partial charge in [-0.25, -0.2) is 0 Å². The van der Waals surface area contributed by atoms with E-state index in [2.05, 4.69) is 5.32 Å². The molecule has 6 heteroatoms. The standard InChI is InChI=1S/C20H21ClN2O3/c1-14-7-8-16(11-17(14)21)22-19(24)12-18-20(25)26-10-9-23(18)13-15-5-3-2-4-6-15/h2-8,11,18H,9-10,12-13H2,1H3,(H,22,24)/t18-/m0/s1. The number of anilines is 1. The van der Waals surface area contributed by atoms with Crippen LogP contribution in [0.25, 0.3) is 0 Å². The molecule has 1 atom stereocenters. The summed E-state index contributed by atoms with van der Waals surface area (Å²) in [4.78, 5) is 26.6. The molecule has 1 N–H and O–H groups in total. The molecule has 0 saturated carbocycles. The molecule has 0 aliphatic carbocycles. The molecular weight excluding hydrogens is 352 g/mol. The quantitative estimate of drug-likeness (QED) is 0.817. The molecule has 26 heavy (non-hydrogen) atoms. The Morgan fingerprint density at radius 2 is 2.04 bits per heavy atom. The van der Waals surface area contributed by atoms with Crippen LogP contribution in [0.1, 0.15) is 17.5 Å². The number of cyclic esters (lactones) is 1. The zero-order valence-electron chi connectivity index (χ0n) is 14.6. The van der Waals surface area contributed by atoms with Gasteiger partial charge in [-0.1, -0.05) is 48.0 Å². The summed E-state index contributed by atoms with van der Waals surface area (Å²) in [6.07, 6.45) is 0.0389. The number of nitrogens with zero attached hydrogens (tertiary/aromatic N) is 1. The van der Waals surface area contributed by atoms with Crippen LogP contribution in [0.2, 0.25) is 5.02 Å². The molecule has 1 amide bonds. The van der Waals surface area contributed by atoms with Crippen LogP contribution in [-0.2, 0) is 20.9 Å². The highest BCUT2D eigenvalue weighted by Crippen LogP contribution is 2.21. The first-order valence-electron chi connectivity index (χ1n) is 8.53. The Hall–Kier alpha value is -2.37. The second kappa shape index (κ2) is 8.34. The number of rotatable bonds is 5. The molecule has 0 spiro atoms. The number of amides is 1. The number of hydrogen-bond donors (Lipinski definition) is 1. The lowest BCUT2D eigenvalue weighted by atomic mass is 10.1. The number of hydrogen-bond acceptors (Lipinski definition) is 4. The van der Waals surface area contributed by atoms with Gasteiger partial charge in [0.1, 0.15) is 12.6 Å². The zero-order chi connectivity index (χ0) is 18.5. The molecule has 1 aliphatic heterocycles. The van der Waals surface area contributed by atoms with Crippen LogP contribution >= 0.6 is 11.6 Å². The second-order valence-electron chi connectivity index (χ2n) is 6.36. The normalized spacial score (nSPS) is 17.6. The second-order valence-corrected chi connectivity index (χ2v) is 6.76. The summed E-state index contributed by atoms with van der Waals surface area (Å²) >= 11 is 6.09. The summed E-state index contributed by atoms with van der Waals surface area (Å²) in [5, 5.41) is 3.39. The number of carbonyl (C=O) groups excluding carboxylic acids is 2. The fourth-order valence-electron chi connectivity index (χ4n) is 2.94. The van der Waals surface area contributed by atoms with E-state index in [0.29, 0.717) is 30.4 Å². The number of ether oxygens (including phenoxy) is 1. The average Bonchev–Trinajstić information content (AvgIpc) is 2.62. The fourth-order valence-corrected chi connectivity index (χ4v) is 3.12. The molecule has 0 unspecified atom stereocenters. The first-order valence-corrected chi connectivity index (χ1v) is 8.91. The van der Waals surface area contributed by atoms with E-state index in [1.807, 2.05) is 48.2 Å². The maximum Gasteiger partial charge on any atom is 0.323 e. The topological polar surface area (TPSA) is 58.6 Å². The third kappa shape index (κ3) is 4.62. The summed E-state index contributed by atoms with van der Waals surface area (Å²) in [7, 11) is 0. The van der Waals surface area contributed by atoms with Crippen molar-refractivity contribution in [1.82, 2.24) is 4.90 Å². The first kappa shape index (κ1) is 18.4. The molecule has 0 bridgehead atoms. The van der Waals surface area contributed by atoms with Crippen molar-refractivity contribution in [1.29, 1.82) is 0 Å². The number of morpholine rings is 1. The Balaban J connectivity index is 1.66. The van der Waals surface area contributed by atoms with Crippen molar-refractivity contribution < 1.29 is 14.3 Å². The van der Waals surface area contributed by atoms with E-state index in [4.69, 9.17) is 16.3 Å². The number of esters is 1. The zero-order valence-corrected chi connectivity index (χ0v) is 15.3. The van der Waals surface area contributed by atoms with Gasteiger partial charge in [-0.15, -0.1) is 0 Å². The van der Waals surface area contributed by atoms with Gasteiger partial charge in [0.05, 0.1) is 6.42 Å². The maximum absolute atomic E-state index is 12.4. The lowest BCUT2D eigenvalue weighted by molar-refractivity contribution is -0.159. The molecule has 1 saturated heterocycles. The van der Waals surface area contributed by atoms with Gasteiger partial charge in [-0.2, -0.15) is 0 Å². The van der Waals surface area contributed by atoms with Crippen molar-refractivity contribution in [2.45, 2.75) is 25.9 Å². The smallest absolute Gasteiger partial charge is 0.323 e. The Kier molecular flexibility index (Phi) is 5.91. The molecule has 136 valence electrons. The van der Waals surface area contributed by atoms with Gasteiger partial charge >= 0.3 is 5.97 Å². The third-order valence-electron chi connectivity index (χ3n) is 4.40. The highest BCUT2D eigenvalue weighted by molar-refractivity contribution is 6.31. The average molecular weight is 373 g/mol. The van der Waals surface area contributed by atoms with E-state index in [1.54, 1.807) is 12.1 Å². The molecule has 1 heterocycles. The van der Waals surface area contributed by atoms with Crippen molar-refractivity contribution in [2.75, 3.05) is 18.5 Å². The molecule has 0 radical (unpaired) electrons. The van der Waals surface area contributed by atoms with Gasteiger partial charge in [-0.05, 0) is 30.2 Å². The largest absolute Gasteiger partial charge is 0.463 e. The summed E-state index contributed by atoms with van der Waals surface area (Å²) in [6.45, 7) is 3.45. The predicted molar refractivity (Wildman–Crippen MR) is 101 cm³/mol. The van der Waals surface area contributed by atoms with E-state index < -0.39 is 6.04 Å². The van der Waals surface area contributed by atoms with Crippen molar-refractivity contribution in [3.63, 3.8) is 0 Å². The summed E-state index contributed by atoms with van der Waals surface area (Å²) < 4.78 is 5.16. The minimum atomic E-state index is -0.593. The summed E-state index contributed by atoms with van der Waals surface area (Å²) in [5.74, 6) is -0.601. The molecule has 5 nitrogen and oxygen atoms in total. The van der Waals surface area contributed by atoms with E-state index in [0.717, 1.165) is 11.1 Å². The van der Waals surface area contributed by atoms with E-state index >= 15 is 0 Å². The number of benzene rings is 2. The van der Waals surface area contributed by atoms with Gasteiger partial charge in [0.25, 0.3) is 0 Å². The molecule has 1 aliphatic rings. The van der Waals surface area contributed by atoms with Crippen LogP contribution in [0.15, 0.2) is 48.5 Å². The Morgan fingerprint density at radius 1 is 1.27 bits per heavy atom. The lowest BCUT2D eigenvalue weighted by Crippen LogP contribution is -2.49. The van der Waals surface area contributed by atoms with Crippen molar-refractivity contribution >= 4 is 29.2 Å². The van der Waals surface area contributed by atoms with Crippen LogP contribution in [0, 0.1) is 6.92 Å².